The molecule has 2 saturated heterocycles. The number of rotatable bonds is 11. The molecule has 0 aliphatic carbocycles. The number of benzene rings is 1. The van der Waals surface area contributed by atoms with E-state index in [0.29, 0.717) is 50.8 Å². The van der Waals surface area contributed by atoms with Gasteiger partial charge < -0.3 is 19.3 Å². The molecule has 8 nitrogen and oxygen atoms in total. The van der Waals surface area contributed by atoms with Gasteiger partial charge in [-0.25, -0.2) is 13.1 Å². The Labute approximate surface area is 196 Å². The summed E-state index contributed by atoms with van der Waals surface area (Å²) >= 11 is 5.69. The van der Waals surface area contributed by atoms with E-state index >= 15 is 0 Å². The maximum absolute atomic E-state index is 12.8. The second-order valence-electron chi connectivity index (χ2n) is 8.19. The van der Waals surface area contributed by atoms with E-state index in [-0.39, 0.29) is 23.5 Å². The summed E-state index contributed by atoms with van der Waals surface area (Å²) in [5, 5.41) is 0. The van der Waals surface area contributed by atoms with Gasteiger partial charge in [-0.1, -0.05) is 6.42 Å². The van der Waals surface area contributed by atoms with Crippen molar-refractivity contribution in [2.45, 2.75) is 49.5 Å². The minimum atomic E-state index is -3.66. The molecule has 2 fully saturated rings. The van der Waals surface area contributed by atoms with E-state index in [2.05, 4.69) is 9.62 Å². The Morgan fingerprint density at radius 3 is 2.66 bits per heavy atom. The van der Waals surface area contributed by atoms with Gasteiger partial charge in [-0.2, -0.15) is 0 Å². The predicted octanol–water partition coefficient (Wildman–Crippen LogP) is 2.60. The Morgan fingerprint density at radius 1 is 1.22 bits per heavy atom. The highest BCUT2D eigenvalue weighted by atomic mass is 35.5. The van der Waals surface area contributed by atoms with Gasteiger partial charge in [-0.3, -0.25) is 4.79 Å². The molecule has 2 heterocycles. The molecule has 2 aliphatic rings. The molecule has 10 heteroatoms. The average molecular weight is 488 g/mol. The number of carbonyl (C=O) groups excluding carboxylic acids is 1. The van der Waals surface area contributed by atoms with Gasteiger partial charge in [-0.15, -0.1) is 11.6 Å². The number of amides is 1. The first-order chi connectivity index (χ1) is 15.4. The highest BCUT2D eigenvalue weighted by molar-refractivity contribution is 7.89. The first-order valence-corrected chi connectivity index (χ1v) is 13.3. The van der Waals surface area contributed by atoms with Gasteiger partial charge in [0.15, 0.2) is 0 Å². The van der Waals surface area contributed by atoms with Gasteiger partial charge in [0.05, 0.1) is 23.8 Å². The number of anilines is 1. The average Bonchev–Trinajstić information content (AvgIpc) is 3.34. The van der Waals surface area contributed by atoms with Crippen LogP contribution in [0, 0.1) is 0 Å². The number of nitrogens with one attached hydrogen (secondary N) is 1. The van der Waals surface area contributed by atoms with Gasteiger partial charge in [0, 0.05) is 51.6 Å². The van der Waals surface area contributed by atoms with Crippen LogP contribution in [0.1, 0.15) is 38.5 Å². The van der Waals surface area contributed by atoms with Gasteiger partial charge in [0.1, 0.15) is 5.75 Å². The number of unbranched alkanes of at least 4 members (excludes halogenated alkanes) is 2. The highest BCUT2D eigenvalue weighted by Crippen LogP contribution is 2.32. The molecule has 1 amide bonds. The summed E-state index contributed by atoms with van der Waals surface area (Å²) in [6.07, 6.45) is 5.07. The lowest BCUT2D eigenvalue weighted by atomic mass is 10.1. The van der Waals surface area contributed by atoms with Crippen LogP contribution in [0.4, 0.5) is 5.69 Å². The number of hydrogen-bond donors (Lipinski definition) is 1. The standard InChI is InChI=1S/C22H34ClN3O5S/c1-30-21-9-8-19(32(28,29)24-17-18-6-5-15-31-18)16-20(21)25-11-13-26(14-12-25)22(27)7-3-2-4-10-23/h8-9,16,18,24H,2-7,10-15,17H2,1H3/t18-/m1/s1. The Balaban J connectivity index is 1.61. The quantitative estimate of drug-likeness (QED) is 0.381. The molecule has 180 valence electrons. The highest BCUT2D eigenvalue weighted by Gasteiger charge is 2.25. The summed E-state index contributed by atoms with van der Waals surface area (Å²) in [6.45, 7) is 3.40. The van der Waals surface area contributed by atoms with Gasteiger partial charge in [0.25, 0.3) is 0 Å². The fourth-order valence-electron chi connectivity index (χ4n) is 4.08. The monoisotopic (exact) mass is 487 g/mol. The maximum Gasteiger partial charge on any atom is 0.240 e. The first kappa shape index (κ1) is 25.1. The van der Waals surface area contributed by atoms with Crippen molar-refractivity contribution in [3.8, 4) is 5.75 Å². The Kier molecular flexibility index (Phi) is 9.46. The second-order valence-corrected chi connectivity index (χ2v) is 10.3. The van der Waals surface area contributed by atoms with E-state index in [1.54, 1.807) is 25.3 Å². The van der Waals surface area contributed by atoms with E-state index in [0.717, 1.165) is 37.8 Å². The van der Waals surface area contributed by atoms with Crippen LogP contribution in [-0.2, 0) is 19.6 Å². The normalized spacial score (nSPS) is 19.4. The van der Waals surface area contributed by atoms with Crippen molar-refractivity contribution in [2.75, 3.05) is 57.2 Å². The third-order valence-electron chi connectivity index (χ3n) is 5.98. The smallest absolute Gasteiger partial charge is 0.240 e. The molecule has 3 rings (SSSR count). The molecule has 0 unspecified atom stereocenters. The van der Waals surface area contributed by atoms with Crippen LogP contribution in [-0.4, -0.2) is 77.6 Å². The fraction of sp³-hybridized carbons (Fsp3) is 0.682. The van der Waals surface area contributed by atoms with E-state index in [9.17, 15) is 13.2 Å². The maximum atomic E-state index is 12.8. The number of piperazine rings is 1. The number of methoxy groups -OCH3 is 1. The summed E-state index contributed by atoms with van der Waals surface area (Å²) in [7, 11) is -2.09. The molecule has 0 spiro atoms. The topological polar surface area (TPSA) is 88.2 Å². The Hall–Kier alpha value is -1.55. The van der Waals surface area contributed by atoms with Gasteiger partial charge >= 0.3 is 0 Å². The lowest BCUT2D eigenvalue weighted by Gasteiger charge is -2.37. The van der Waals surface area contributed by atoms with Crippen LogP contribution in [0.25, 0.3) is 0 Å². The summed E-state index contributed by atoms with van der Waals surface area (Å²) in [4.78, 5) is 16.6. The zero-order chi connectivity index (χ0) is 23.0. The SMILES string of the molecule is COc1ccc(S(=O)(=O)NC[C@H]2CCCO2)cc1N1CCN(C(=O)CCCCCCl)CC1. The summed E-state index contributed by atoms with van der Waals surface area (Å²) in [5.41, 5.74) is 0.724. The second kappa shape index (κ2) is 12.1. The van der Waals surface area contributed by atoms with Crippen LogP contribution in [0.5, 0.6) is 5.75 Å². The van der Waals surface area contributed by atoms with E-state index in [1.807, 2.05) is 4.90 Å². The molecule has 1 aromatic rings. The zero-order valence-corrected chi connectivity index (χ0v) is 20.3. The van der Waals surface area contributed by atoms with Crippen molar-refractivity contribution in [1.82, 2.24) is 9.62 Å². The third kappa shape index (κ3) is 6.73. The number of hydrogen-bond acceptors (Lipinski definition) is 6. The molecule has 1 N–H and O–H groups in total. The number of alkyl halides is 1. The van der Waals surface area contributed by atoms with E-state index < -0.39 is 10.0 Å². The molecule has 0 aromatic heterocycles. The number of sulfonamides is 1. The van der Waals surface area contributed by atoms with Crippen LogP contribution < -0.4 is 14.4 Å². The minimum absolute atomic E-state index is 0.0666. The van der Waals surface area contributed by atoms with Crippen LogP contribution >= 0.6 is 11.6 Å². The number of ether oxygens (including phenoxy) is 2. The fourth-order valence-corrected chi connectivity index (χ4v) is 5.35. The lowest BCUT2D eigenvalue weighted by Crippen LogP contribution is -2.48. The van der Waals surface area contributed by atoms with Gasteiger partial charge in [0.2, 0.25) is 15.9 Å². The molecule has 0 bridgehead atoms. The van der Waals surface area contributed by atoms with Crippen molar-refractivity contribution in [1.29, 1.82) is 0 Å². The zero-order valence-electron chi connectivity index (χ0n) is 18.7. The predicted molar refractivity (Wildman–Crippen MR) is 125 cm³/mol. The Morgan fingerprint density at radius 2 is 2.00 bits per heavy atom. The summed E-state index contributed by atoms with van der Waals surface area (Å²) < 4.78 is 39.3. The molecular weight excluding hydrogens is 454 g/mol. The minimum Gasteiger partial charge on any atom is -0.495 e. The van der Waals surface area contributed by atoms with E-state index in [4.69, 9.17) is 21.1 Å². The van der Waals surface area contributed by atoms with E-state index in [1.165, 1.54) is 0 Å². The molecular formula is C22H34ClN3O5S. The molecule has 0 radical (unpaired) electrons. The summed E-state index contributed by atoms with van der Waals surface area (Å²) in [5.74, 6) is 1.41. The molecule has 2 aliphatic heterocycles. The van der Waals surface area contributed by atoms with Crippen molar-refractivity contribution < 1.29 is 22.7 Å². The number of halogens is 1. The van der Waals surface area contributed by atoms with Crippen LogP contribution in [0.2, 0.25) is 0 Å². The first-order valence-electron chi connectivity index (χ1n) is 11.3. The van der Waals surface area contributed by atoms with Gasteiger partial charge in [-0.05, 0) is 43.9 Å². The number of nitrogens with zero attached hydrogens (tertiary/aromatic N) is 2. The third-order valence-corrected chi connectivity index (χ3v) is 7.67. The lowest BCUT2D eigenvalue weighted by molar-refractivity contribution is -0.131. The van der Waals surface area contributed by atoms with Crippen molar-refractivity contribution in [3.05, 3.63) is 18.2 Å². The molecule has 0 saturated carbocycles. The molecule has 1 atom stereocenters. The molecule has 1 aromatic carbocycles. The van der Waals surface area contributed by atoms with Crippen molar-refractivity contribution in [2.24, 2.45) is 0 Å². The Bertz CT molecular complexity index is 853. The van der Waals surface area contributed by atoms with Crippen LogP contribution in [0.3, 0.4) is 0 Å². The number of carbonyl (C=O) groups is 1. The molecule has 32 heavy (non-hydrogen) atoms. The van der Waals surface area contributed by atoms with Crippen molar-refractivity contribution >= 4 is 33.2 Å². The largest absolute Gasteiger partial charge is 0.495 e. The van der Waals surface area contributed by atoms with Crippen LogP contribution in [0.15, 0.2) is 23.1 Å². The van der Waals surface area contributed by atoms with Crippen molar-refractivity contribution in [3.63, 3.8) is 0 Å². The summed E-state index contributed by atoms with van der Waals surface area (Å²) in [6, 6.07) is 4.89.